The number of hydrogen-bond donors (Lipinski definition) is 3. The maximum atomic E-state index is 11.7. The molecule has 116 valence electrons. The third kappa shape index (κ3) is 7.62. The number of rotatable bonds is 9. The Hall–Kier alpha value is -0.910. The minimum Gasteiger partial charge on any atom is -0.481 e. The van der Waals surface area contributed by atoms with Gasteiger partial charge in [0.2, 0.25) is 0 Å². The summed E-state index contributed by atoms with van der Waals surface area (Å²) < 4.78 is 0. The van der Waals surface area contributed by atoms with Crippen molar-refractivity contribution in [2.24, 2.45) is 0 Å². The van der Waals surface area contributed by atoms with Gasteiger partial charge in [-0.2, -0.15) is 11.8 Å². The molecule has 1 saturated carbocycles. The van der Waals surface area contributed by atoms with Crippen molar-refractivity contribution in [3.8, 4) is 0 Å². The first kappa shape index (κ1) is 17.1. The van der Waals surface area contributed by atoms with Crippen LogP contribution in [-0.2, 0) is 4.79 Å². The lowest BCUT2D eigenvalue weighted by molar-refractivity contribution is -0.137. The van der Waals surface area contributed by atoms with Crippen LogP contribution in [0.2, 0.25) is 0 Å². The summed E-state index contributed by atoms with van der Waals surface area (Å²) in [6.45, 7) is 0.664. The summed E-state index contributed by atoms with van der Waals surface area (Å²) in [6.07, 6.45) is 9.21. The van der Waals surface area contributed by atoms with Crippen molar-refractivity contribution in [1.82, 2.24) is 10.6 Å². The van der Waals surface area contributed by atoms with Gasteiger partial charge in [0.1, 0.15) is 0 Å². The van der Waals surface area contributed by atoms with Crippen molar-refractivity contribution < 1.29 is 14.7 Å². The predicted molar refractivity (Wildman–Crippen MR) is 82.2 cm³/mol. The van der Waals surface area contributed by atoms with Crippen LogP contribution in [0, 0.1) is 0 Å². The molecule has 1 aliphatic rings. The van der Waals surface area contributed by atoms with Crippen LogP contribution in [0.15, 0.2) is 0 Å². The molecule has 0 aromatic carbocycles. The molecule has 0 radical (unpaired) electrons. The summed E-state index contributed by atoms with van der Waals surface area (Å²) in [5.74, 6) is -0.734. The minimum absolute atomic E-state index is 0.0673. The van der Waals surface area contributed by atoms with Gasteiger partial charge in [0.05, 0.1) is 0 Å². The Morgan fingerprint density at radius 1 is 1.20 bits per heavy atom. The molecule has 0 spiro atoms. The molecule has 20 heavy (non-hydrogen) atoms. The van der Waals surface area contributed by atoms with Gasteiger partial charge in [-0.1, -0.05) is 12.8 Å². The number of hydrogen-bond acceptors (Lipinski definition) is 3. The Balaban J connectivity index is 1.94. The maximum absolute atomic E-state index is 11.7. The average Bonchev–Trinajstić information content (AvgIpc) is 2.85. The van der Waals surface area contributed by atoms with Crippen LogP contribution in [0.1, 0.15) is 51.4 Å². The molecule has 2 amide bonds. The number of carboxylic acids is 1. The summed E-state index contributed by atoms with van der Waals surface area (Å²) in [6, 6.07) is 0.255. The number of aliphatic carboxylic acids is 1. The second-order valence-electron chi connectivity index (χ2n) is 5.33. The highest BCUT2D eigenvalue weighted by atomic mass is 32.2. The third-order valence-corrected chi connectivity index (χ3v) is 4.75. The van der Waals surface area contributed by atoms with Crippen LogP contribution < -0.4 is 10.6 Å². The van der Waals surface area contributed by atoms with Gasteiger partial charge in [-0.25, -0.2) is 4.79 Å². The topological polar surface area (TPSA) is 78.4 Å². The van der Waals surface area contributed by atoms with Gasteiger partial charge in [0.25, 0.3) is 0 Å². The Morgan fingerprint density at radius 3 is 2.60 bits per heavy atom. The maximum Gasteiger partial charge on any atom is 0.315 e. The highest BCUT2D eigenvalue weighted by Crippen LogP contribution is 2.27. The quantitative estimate of drug-likeness (QED) is 0.572. The fraction of sp³-hybridized carbons (Fsp3) is 0.857. The normalized spacial score (nSPS) is 21.6. The first-order chi connectivity index (χ1) is 9.61. The first-order valence-corrected chi connectivity index (χ1v) is 8.69. The van der Waals surface area contributed by atoms with E-state index in [0.29, 0.717) is 17.8 Å². The van der Waals surface area contributed by atoms with E-state index < -0.39 is 5.97 Å². The van der Waals surface area contributed by atoms with E-state index in [-0.39, 0.29) is 12.5 Å². The zero-order valence-corrected chi connectivity index (χ0v) is 13.0. The molecular formula is C14H26N2O3S. The lowest BCUT2D eigenvalue weighted by Crippen LogP contribution is -2.41. The zero-order chi connectivity index (χ0) is 14.8. The molecule has 0 aromatic heterocycles. The number of carbonyl (C=O) groups is 2. The van der Waals surface area contributed by atoms with E-state index in [9.17, 15) is 9.59 Å². The van der Waals surface area contributed by atoms with Gasteiger partial charge >= 0.3 is 12.0 Å². The van der Waals surface area contributed by atoms with Crippen LogP contribution in [0.4, 0.5) is 4.79 Å². The molecule has 1 fully saturated rings. The smallest absolute Gasteiger partial charge is 0.315 e. The second kappa shape index (κ2) is 9.91. The molecule has 0 heterocycles. The van der Waals surface area contributed by atoms with Gasteiger partial charge in [-0.05, 0) is 38.4 Å². The van der Waals surface area contributed by atoms with Crippen LogP contribution in [-0.4, -0.2) is 41.2 Å². The number of unbranched alkanes of at least 4 members (excludes halogenated alkanes) is 3. The van der Waals surface area contributed by atoms with Crippen molar-refractivity contribution in [2.45, 2.75) is 62.7 Å². The third-order valence-electron chi connectivity index (χ3n) is 3.66. The van der Waals surface area contributed by atoms with Crippen molar-refractivity contribution in [3.05, 3.63) is 0 Å². The molecule has 0 saturated heterocycles. The summed E-state index contributed by atoms with van der Waals surface area (Å²) in [5, 5.41) is 15.1. The molecule has 1 rings (SSSR count). The van der Waals surface area contributed by atoms with Crippen molar-refractivity contribution >= 4 is 23.8 Å². The predicted octanol–water partition coefficient (Wildman–Crippen LogP) is 2.60. The van der Waals surface area contributed by atoms with Crippen LogP contribution in [0.3, 0.4) is 0 Å². The summed E-state index contributed by atoms with van der Waals surface area (Å²) in [7, 11) is 0. The Kier molecular flexibility index (Phi) is 8.49. The van der Waals surface area contributed by atoms with E-state index in [1.807, 2.05) is 11.8 Å². The van der Waals surface area contributed by atoms with Crippen molar-refractivity contribution in [2.75, 3.05) is 12.8 Å². The van der Waals surface area contributed by atoms with Crippen LogP contribution in [0.5, 0.6) is 0 Å². The zero-order valence-electron chi connectivity index (χ0n) is 12.2. The number of nitrogens with one attached hydrogen (secondary N) is 2. The van der Waals surface area contributed by atoms with Crippen LogP contribution in [0.25, 0.3) is 0 Å². The molecule has 2 unspecified atom stereocenters. The molecule has 0 aromatic rings. The Morgan fingerprint density at radius 2 is 1.95 bits per heavy atom. The van der Waals surface area contributed by atoms with Crippen molar-refractivity contribution in [3.63, 3.8) is 0 Å². The fourth-order valence-electron chi connectivity index (χ4n) is 2.48. The highest BCUT2D eigenvalue weighted by molar-refractivity contribution is 7.99. The number of urea groups is 1. The largest absolute Gasteiger partial charge is 0.481 e. The van der Waals surface area contributed by atoms with Crippen molar-refractivity contribution in [1.29, 1.82) is 0 Å². The molecule has 0 aliphatic heterocycles. The van der Waals surface area contributed by atoms with E-state index >= 15 is 0 Å². The number of amides is 2. The SMILES string of the molecule is CSC1CCC(NC(=O)NCCCCCCC(=O)O)C1. The summed E-state index contributed by atoms with van der Waals surface area (Å²) in [4.78, 5) is 22.0. The van der Waals surface area contributed by atoms with E-state index in [0.717, 1.165) is 38.5 Å². The van der Waals surface area contributed by atoms with E-state index in [1.165, 1.54) is 6.42 Å². The number of carboxylic acid groups (broad SMARTS) is 1. The first-order valence-electron chi connectivity index (χ1n) is 7.40. The average molecular weight is 302 g/mol. The van der Waals surface area contributed by atoms with Gasteiger partial charge in [-0.15, -0.1) is 0 Å². The molecule has 6 heteroatoms. The van der Waals surface area contributed by atoms with Crippen LogP contribution >= 0.6 is 11.8 Å². The molecule has 2 atom stereocenters. The number of carbonyl (C=O) groups excluding carboxylic acids is 1. The standard InChI is InChI=1S/C14H26N2O3S/c1-20-12-8-7-11(10-12)16-14(19)15-9-5-3-2-4-6-13(17)18/h11-12H,2-10H2,1H3,(H,17,18)(H2,15,16,19). The second-order valence-corrected chi connectivity index (χ2v) is 6.46. The monoisotopic (exact) mass is 302 g/mol. The lowest BCUT2D eigenvalue weighted by Gasteiger charge is -2.13. The van der Waals surface area contributed by atoms with Gasteiger partial charge < -0.3 is 15.7 Å². The lowest BCUT2D eigenvalue weighted by atomic mass is 10.1. The molecule has 1 aliphatic carbocycles. The van der Waals surface area contributed by atoms with Gasteiger partial charge in [0.15, 0.2) is 0 Å². The van der Waals surface area contributed by atoms with E-state index in [4.69, 9.17) is 5.11 Å². The minimum atomic E-state index is -0.734. The Bertz CT molecular complexity index is 313. The molecule has 5 nitrogen and oxygen atoms in total. The van der Waals surface area contributed by atoms with Gasteiger partial charge in [-0.3, -0.25) is 4.79 Å². The Labute approximate surface area is 125 Å². The molecule has 0 bridgehead atoms. The summed E-state index contributed by atoms with van der Waals surface area (Å²) in [5.41, 5.74) is 0. The fourth-order valence-corrected chi connectivity index (χ4v) is 3.27. The highest BCUT2D eigenvalue weighted by Gasteiger charge is 2.24. The molecule has 3 N–H and O–H groups in total. The van der Waals surface area contributed by atoms with Gasteiger partial charge in [0, 0.05) is 24.3 Å². The number of thioether (sulfide) groups is 1. The van der Waals surface area contributed by atoms with E-state index in [2.05, 4.69) is 16.9 Å². The van der Waals surface area contributed by atoms with E-state index in [1.54, 1.807) is 0 Å². The summed E-state index contributed by atoms with van der Waals surface area (Å²) >= 11 is 1.88. The molecular weight excluding hydrogens is 276 g/mol.